The molecule has 2 atom stereocenters. The molecule has 0 amide bonds. The number of para-hydroxylation sites is 1. The first-order valence-corrected chi connectivity index (χ1v) is 7.12. The number of ether oxygens (including phenoxy) is 1. The van der Waals surface area contributed by atoms with Crippen molar-refractivity contribution in [1.82, 2.24) is 9.78 Å². The molecular weight excluding hydrogens is 252 g/mol. The number of aryl methyl sites for hydroxylation is 2. The molecule has 1 aromatic heterocycles. The van der Waals surface area contributed by atoms with E-state index in [0.717, 1.165) is 29.2 Å². The van der Waals surface area contributed by atoms with Crippen LogP contribution < -0.4 is 4.74 Å². The monoisotopic (exact) mass is 272 g/mol. The van der Waals surface area contributed by atoms with Gasteiger partial charge < -0.3 is 9.84 Å². The molecule has 4 nitrogen and oxygen atoms in total. The first-order valence-electron chi connectivity index (χ1n) is 7.12. The summed E-state index contributed by atoms with van der Waals surface area (Å²) in [7, 11) is 0. The summed E-state index contributed by atoms with van der Waals surface area (Å²) >= 11 is 0. The van der Waals surface area contributed by atoms with E-state index in [4.69, 9.17) is 4.74 Å². The van der Waals surface area contributed by atoms with Crippen LogP contribution in [0.25, 0.3) is 0 Å². The third kappa shape index (κ3) is 2.31. The van der Waals surface area contributed by atoms with E-state index >= 15 is 0 Å². The van der Waals surface area contributed by atoms with Crippen LogP contribution in [0.4, 0.5) is 0 Å². The van der Waals surface area contributed by atoms with Crippen molar-refractivity contribution in [3.05, 3.63) is 47.3 Å². The van der Waals surface area contributed by atoms with Crippen molar-refractivity contribution >= 4 is 0 Å². The summed E-state index contributed by atoms with van der Waals surface area (Å²) in [5.41, 5.74) is 3.19. The summed E-state index contributed by atoms with van der Waals surface area (Å²) in [5.74, 6) is 0.948. The molecule has 20 heavy (non-hydrogen) atoms. The number of hydrogen-bond donors (Lipinski definition) is 1. The van der Waals surface area contributed by atoms with E-state index in [0.29, 0.717) is 13.0 Å². The Morgan fingerprint density at radius 3 is 3.05 bits per heavy atom. The van der Waals surface area contributed by atoms with Gasteiger partial charge in [-0.1, -0.05) is 18.2 Å². The number of benzene rings is 1. The highest BCUT2D eigenvalue weighted by atomic mass is 16.5. The SMILES string of the molecule is CCn1nc(C)cc1CC(O)C1COc2ccccc21. The predicted octanol–water partition coefficient (Wildman–Crippen LogP) is 2.29. The summed E-state index contributed by atoms with van der Waals surface area (Å²) < 4.78 is 7.61. The molecule has 0 saturated heterocycles. The lowest BCUT2D eigenvalue weighted by Crippen LogP contribution is -2.23. The van der Waals surface area contributed by atoms with Crippen LogP contribution in [-0.4, -0.2) is 27.6 Å². The summed E-state index contributed by atoms with van der Waals surface area (Å²) in [4.78, 5) is 0. The second kappa shape index (κ2) is 5.29. The molecule has 1 aromatic carbocycles. The van der Waals surface area contributed by atoms with Crippen LogP contribution in [0.15, 0.2) is 30.3 Å². The number of aliphatic hydroxyl groups is 1. The van der Waals surface area contributed by atoms with Gasteiger partial charge >= 0.3 is 0 Å². The third-order valence-corrected chi connectivity index (χ3v) is 3.90. The van der Waals surface area contributed by atoms with E-state index < -0.39 is 6.10 Å². The van der Waals surface area contributed by atoms with E-state index in [1.165, 1.54) is 0 Å². The summed E-state index contributed by atoms with van der Waals surface area (Å²) in [6.45, 7) is 5.43. The zero-order chi connectivity index (χ0) is 14.1. The van der Waals surface area contributed by atoms with Crippen LogP contribution in [0.3, 0.4) is 0 Å². The van der Waals surface area contributed by atoms with Crippen molar-refractivity contribution in [3.63, 3.8) is 0 Å². The van der Waals surface area contributed by atoms with Gasteiger partial charge in [-0.25, -0.2) is 0 Å². The van der Waals surface area contributed by atoms with Gasteiger partial charge in [0, 0.05) is 30.1 Å². The minimum absolute atomic E-state index is 0.0479. The number of aliphatic hydroxyl groups excluding tert-OH is 1. The fraction of sp³-hybridized carbons (Fsp3) is 0.438. The highest BCUT2D eigenvalue weighted by molar-refractivity contribution is 5.40. The molecule has 0 radical (unpaired) electrons. The summed E-state index contributed by atoms with van der Waals surface area (Å²) in [6, 6.07) is 10.0. The van der Waals surface area contributed by atoms with E-state index in [2.05, 4.69) is 18.1 Å². The topological polar surface area (TPSA) is 47.3 Å². The molecule has 0 fully saturated rings. The van der Waals surface area contributed by atoms with E-state index in [1.807, 2.05) is 35.9 Å². The van der Waals surface area contributed by atoms with Crippen LogP contribution in [0.5, 0.6) is 5.75 Å². The highest BCUT2D eigenvalue weighted by Crippen LogP contribution is 2.36. The molecule has 1 aliphatic heterocycles. The standard InChI is InChI=1S/C16H20N2O2/c1-3-18-12(8-11(2)17-18)9-15(19)14-10-20-16-7-5-4-6-13(14)16/h4-8,14-15,19H,3,9-10H2,1-2H3. The van der Waals surface area contributed by atoms with Crippen molar-refractivity contribution in [2.75, 3.05) is 6.61 Å². The molecule has 0 aliphatic carbocycles. The van der Waals surface area contributed by atoms with Crippen molar-refractivity contribution in [3.8, 4) is 5.75 Å². The van der Waals surface area contributed by atoms with Crippen LogP contribution in [-0.2, 0) is 13.0 Å². The van der Waals surface area contributed by atoms with E-state index in [1.54, 1.807) is 0 Å². The first kappa shape index (κ1) is 13.2. The Labute approximate surface area is 119 Å². The average Bonchev–Trinajstić information content (AvgIpc) is 3.02. The van der Waals surface area contributed by atoms with Crippen LogP contribution in [0, 0.1) is 6.92 Å². The molecule has 4 heteroatoms. The Hall–Kier alpha value is -1.81. The van der Waals surface area contributed by atoms with Gasteiger partial charge in [0.1, 0.15) is 5.75 Å². The van der Waals surface area contributed by atoms with Gasteiger partial charge in [0.25, 0.3) is 0 Å². The highest BCUT2D eigenvalue weighted by Gasteiger charge is 2.30. The number of fused-ring (bicyclic) bond motifs is 1. The maximum Gasteiger partial charge on any atom is 0.123 e. The molecule has 0 spiro atoms. The van der Waals surface area contributed by atoms with Crippen molar-refractivity contribution < 1.29 is 9.84 Å². The Bertz CT molecular complexity index is 606. The Morgan fingerprint density at radius 1 is 1.45 bits per heavy atom. The fourth-order valence-corrected chi connectivity index (χ4v) is 2.90. The lowest BCUT2D eigenvalue weighted by molar-refractivity contribution is 0.127. The summed E-state index contributed by atoms with van der Waals surface area (Å²) in [6.07, 6.45) is 0.164. The second-order valence-electron chi connectivity index (χ2n) is 5.32. The second-order valence-corrected chi connectivity index (χ2v) is 5.32. The minimum atomic E-state index is -0.444. The molecule has 1 aliphatic rings. The lowest BCUT2D eigenvalue weighted by Gasteiger charge is -2.17. The molecule has 0 saturated carbocycles. The Balaban J connectivity index is 1.79. The lowest BCUT2D eigenvalue weighted by atomic mass is 9.92. The maximum absolute atomic E-state index is 10.6. The normalized spacial score (nSPS) is 18.6. The molecule has 106 valence electrons. The fourth-order valence-electron chi connectivity index (χ4n) is 2.90. The van der Waals surface area contributed by atoms with Gasteiger partial charge in [0.15, 0.2) is 0 Å². The van der Waals surface area contributed by atoms with E-state index in [-0.39, 0.29) is 5.92 Å². The average molecular weight is 272 g/mol. The maximum atomic E-state index is 10.6. The molecule has 3 rings (SSSR count). The largest absolute Gasteiger partial charge is 0.493 e. The van der Waals surface area contributed by atoms with Crippen molar-refractivity contribution in [2.24, 2.45) is 0 Å². The van der Waals surface area contributed by atoms with Gasteiger partial charge in [-0.3, -0.25) is 4.68 Å². The first-order chi connectivity index (χ1) is 9.69. The molecule has 2 aromatic rings. The zero-order valence-corrected chi connectivity index (χ0v) is 11.9. The number of nitrogens with zero attached hydrogens (tertiary/aromatic N) is 2. The Kier molecular flexibility index (Phi) is 3.49. The molecular formula is C16H20N2O2. The van der Waals surface area contributed by atoms with Gasteiger partial charge in [-0.05, 0) is 26.0 Å². The number of aromatic nitrogens is 2. The zero-order valence-electron chi connectivity index (χ0n) is 11.9. The summed E-state index contributed by atoms with van der Waals surface area (Å²) in [5, 5.41) is 15.0. The van der Waals surface area contributed by atoms with Crippen molar-refractivity contribution in [2.45, 2.75) is 38.8 Å². The van der Waals surface area contributed by atoms with Gasteiger partial charge in [0.05, 0.1) is 18.4 Å². The Morgan fingerprint density at radius 2 is 2.25 bits per heavy atom. The third-order valence-electron chi connectivity index (χ3n) is 3.90. The van der Waals surface area contributed by atoms with Crippen LogP contribution in [0.1, 0.15) is 29.8 Å². The predicted molar refractivity (Wildman–Crippen MR) is 77.0 cm³/mol. The molecule has 1 N–H and O–H groups in total. The van der Waals surface area contributed by atoms with Gasteiger partial charge in [-0.2, -0.15) is 5.10 Å². The van der Waals surface area contributed by atoms with E-state index in [9.17, 15) is 5.11 Å². The number of rotatable bonds is 4. The van der Waals surface area contributed by atoms with Gasteiger partial charge in [0.2, 0.25) is 0 Å². The van der Waals surface area contributed by atoms with Gasteiger partial charge in [-0.15, -0.1) is 0 Å². The van der Waals surface area contributed by atoms with Crippen LogP contribution in [0.2, 0.25) is 0 Å². The number of hydrogen-bond acceptors (Lipinski definition) is 3. The smallest absolute Gasteiger partial charge is 0.123 e. The van der Waals surface area contributed by atoms with Crippen molar-refractivity contribution in [1.29, 1.82) is 0 Å². The van der Waals surface area contributed by atoms with Crippen LogP contribution >= 0.6 is 0 Å². The molecule has 2 heterocycles. The quantitative estimate of drug-likeness (QED) is 0.929. The molecule has 0 bridgehead atoms. The molecule has 2 unspecified atom stereocenters. The minimum Gasteiger partial charge on any atom is -0.493 e.